The van der Waals surface area contributed by atoms with Crippen molar-refractivity contribution in [1.82, 2.24) is 14.0 Å². The molecule has 1 aliphatic heterocycles. The first-order valence-electron chi connectivity index (χ1n) is 7.79. The van der Waals surface area contributed by atoms with Crippen molar-refractivity contribution < 1.29 is 0 Å². The lowest BCUT2D eigenvalue weighted by Crippen LogP contribution is -2.37. The molecule has 1 saturated heterocycles. The molecule has 2 heterocycles. The molecule has 1 aromatic heterocycles. The normalized spacial score (nSPS) is 17.4. The highest BCUT2D eigenvalue weighted by atomic mass is 16.1. The van der Waals surface area contributed by atoms with Crippen LogP contribution in [0.3, 0.4) is 0 Å². The second kappa shape index (κ2) is 5.90. The lowest BCUT2D eigenvalue weighted by atomic mass is 10.0. The summed E-state index contributed by atoms with van der Waals surface area (Å²) in [7, 11) is 0. The van der Waals surface area contributed by atoms with Crippen LogP contribution in [0.2, 0.25) is 0 Å². The molecule has 0 aliphatic carbocycles. The zero-order valence-corrected chi connectivity index (χ0v) is 12.7. The predicted octanol–water partition coefficient (Wildman–Crippen LogP) is 2.65. The minimum absolute atomic E-state index is 0.103. The van der Waals surface area contributed by atoms with E-state index in [1.54, 1.807) is 6.08 Å². The minimum atomic E-state index is 0.103. The molecular weight excluding hydrogens is 262 g/mol. The summed E-state index contributed by atoms with van der Waals surface area (Å²) in [6, 6.07) is 8.40. The van der Waals surface area contributed by atoms with Crippen LogP contribution in [-0.2, 0) is 6.54 Å². The van der Waals surface area contributed by atoms with E-state index in [1.807, 2.05) is 27.3 Å². The van der Waals surface area contributed by atoms with Crippen LogP contribution in [0.25, 0.3) is 11.0 Å². The van der Waals surface area contributed by atoms with Gasteiger partial charge in [-0.2, -0.15) is 0 Å². The van der Waals surface area contributed by atoms with Crippen molar-refractivity contribution in [1.29, 1.82) is 0 Å². The van der Waals surface area contributed by atoms with Gasteiger partial charge in [0, 0.05) is 25.7 Å². The van der Waals surface area contributed by atoms with Gasteiger partial charge in [-0.25, -0.2) is 4.79 Å². The van der Waals surface area contributed by atoms with Crippen LogP contribution in [0.15, 0.2) is 41.7 Å². The van der Waals surface area contributed by atoms with E-state index in [-0.39, 0.29) is 5.69 Å². The van der Waals surface area contributed by atoms with Gasteiger partial charge in [0.25, 0.3) is 0 Å². The number of allylic oxidation sites excluding steroid dienone is 1. The highest BCUT2D eigenvalue weighted by Gasteiger charge is 2.24. The zero-order valence-electron chi connectivity index (χ0n) is 12.7. The summed E-state index contributed by atoms with van der Waals surface area (Å²) in [4.78, 5) is 15.2. The number of rotatable bonds is 4. The van der Waals surface area contributed by atoms with E-state index >= 15 is 0 Å². The summed E-state index contributed by atoms with van der Waals surface area (Å²) in [5.74, 6) is 0. The minimum Gasteiger partial charge on any atom is -0.303 e. The maximum absolute atomic E-state index is 12.8. The number of fused-ring (bicyclic) bond motifs is 1. The van der Waals surface area contributed by atoms with Gasteiger partial charge < -0.3 is 4.90 Å². The van der Waals surface area contributed by atoms with Crippen molar-refractivity contribution in [2.24, 2.45) is 0 Å². The van der Waals surface area contributed by atoms with Gasteiger partial charge in [0.15, 0.2) is 0 Å². The number of benzene rings is 1. The van der Waals surface area contributed by atoms with Gasteiger partial charge in [-0.1, -0.05) is 25.1 Å². The van der Waals surface area contributed by atoms with E-state index in [1.165, 1.54) is 0 Å². The first-order valence-corrected chi connectivity index (χ1v) is 7.79. The Morgan fingerprint density at radius 3 is 2.52 bits per heavy atom. The summed E-state index contributed by atoms with van der Waals surface area (Å²) >= 11 is 0. The fraction of sp³-hybridized carbons (Fsp3) is 0.471. The topological polar surface area (TPSA) is 30.2 Å². The molecule has 4 heteroatoms. The molecule has 0 radical (unpaired) electrons. The van der Waals surface area contributed by atoms with Crippen LogP contribution in [-0.4, -0.2) is 33.7 Å². The van der Waals surface area contributed by atoms with Crippen molar-refractivity contribution in [2.45, 2.75) is 32.4 Å². The average Bonchev–Trinajstić information content (AvgIpc) is 2.81. The van der Waals surface area contributed by atoms with Crippen LogP contribution in [0, 0.1) is 0 Å². The molecule has 0 atom stereocenters. The summed E-state index contributed by atoms with van der Waals surface area (Å²) in [5, 5.41) is 0. The number of nitrogens with zero attached hydrogens (tertiary/aromatic N) is 3. The lowest BCUT2D eigenvalue weighted by Gasteiger charge is -2.31. The van der Waals surface area contributed by atoms with E-state index in [2.05, 4.69) is 24.5 Å². The summed E-state index contributed by atoms with van der Waals surface area (Å²) in [6.45, 7) is 9.79. The predicted molar refractivity (Wildman–Crippen MR) is 86.8 cm³/mol. The maximum atomic E-state index is 12.8. The summed E-state index contributed by atoms with van der Waals surface area (Å²) in [5.41, 5.74) is 2.17. The van der Waals surface area contributed by atoms with Gasteiger partial charge in [0.2, 0.25) is 0 Å². The number of imidazole rings is 1. The number of hydrogen-bond donors (Lipinski definition) is 0. The fourth-order valence-electron chi connectivity index (χ4n) is 3.38. The monoisotopic (exact) mass is 285 g/mol. The first kappa shape index (κ1) is 14.1. The molecule has 3 rings (SSSR count). The van der Waals surface area contributed by atoms with Gasteiger partial charge in [0.05, 0.1) is 11.0 Å². The third-order valence-electron chi connectivity index (χ3n) is 4.55. The Morgan fingerprint density at radius 2 is 1.90 bits per heavy atom. The second-order valence-electron chi connectivity index (χ2n) is 5.71. The zero-order chi connectivity index (χ0) is 14.8. The molecule has 4 nitrogen and oxygen atoms in total. The quantitative estimate of drug-likeness (QED) is 0.808. The van der Waals surface area contributed by atoms with Crippen molar-refractivity contribution in [3.63, 3.8) is 0 Å². The molecule has 0 saturated carbocycles. The Kier molecular flexibility index (Phi) is 3.97. The average molecular weight is 285 g/mol. The summed E-state index contributed by atoms with van der Waals surface area (Å²) in [6.07, 6.45) is 3.89. The fourth-order valence-corrected chi connectivity index (χ4v) is 3.38. The van der Waals surface area contributed by atoms with Crippen LogP contribution >= 0.6 is 0 Å². The van der Waals surface area contributed by atoms with Crippen molar-refractivity contribution in [3.05, 3.63) is 47.4 Å². The molecule has 2 aromatic rings. The van der Waals surface area contributed by atoms with E-state index in [4.69, 9.17) is 0 Å². The maximum Gasteiger partial charge on any atom is 0.329 e. The molecule has 0 bridgehead atoms. The van der Waals surface area contributed by atoms with E-state index < -0.39 is 0 Å². The Bertz CT molecular complexity index is 690. The van der Waals surface area contributed by atoms with Crippen LogP contribution < -0.4 is 5.69 Å². The van der Waals surface area contributed by atoms with Gasteiger partial charge in [-0.3, -0.25) is 9.13 Å². The first-order chi connectivity index (χ1) is 10.3. The molecule has 1 fully saturated rings. The summed E-state index contributed by atoms with van der Waals surface area (Å²) < 4.78 is 3.83. The molecule has 0 spiro atoms. The lowest BCUT2D eigenvalue weighted by molar-refractivity contribution is 0.194. The number of aromatic nitrogens is 2. The van der Waals surface area contributed by atoms with E-state index in [0.717, 1.165) is 43.5 Å². The SMILES string of the molecule is C=CCn1c(=O)n(C2CCN(CC)CC2)c2ccccc21. The molecule has 0 unspecified atom stereocenters. The van der Waals surface area contributed by atoms with Gasteiger partial charge >= 0.3 is 5.69 Å². The smallest absolute Gasteiger partial charge is 0.303 e. The van der Waals surface area contributed by atoms with Gasteiger partial charge in [-0.15, -0.1) is 6.58 Å². The van der Waals surface area contributed by atoms with Crippen molar-refractivity contribution in [2.75, 3.05) is 19.6 Å². The van der Waals surface area contributed by atoms with Crippen LogP contribution in [0.5, 0.6) is 0 Å². The van der Waals surface area contributed by atoms with Crippen molar-refractivity contribution >= 4 is 11.0 Å². The Balaban J connectivity index is 2.04. The number of likely N-dealkylation sites (tertiary alicyclic amines) is 1. The number of piperidine rings is 1. The third-order valence-corrected chi connectivity index (χ3v) is 4.55. The van der Waals surface area contributed by atoms with E-state index in [0.29, 0.717) is 12.6 Å². The Hall–Kier alpha value is -1.81. The molecule has 0 N–H and O–H groups in total. The standard InChI is InChI=1S/C17H23N3O/c1-3-11-19-15-7-5-6-8-16(15)20(17(19)21)14-9-12-18(4-2)13-10-14/h3,5-8,14H,1,4,9-13H2,2H3. The molecule has 0 amide bonds. The molecular formula is C17H23N3O. The van der Waals surface area contributed by atoms with Gasteiger partial charge in [0.1, 0.15) is 0 Å². The highest BCUT2D eigenvalue weighted by Crippen LogP contribution is 2.25. The molecule has 21 heavy (non-hydrogen) atoms. The number of hydrogen-bond acceptors (Lipinski definition) is 2. The van der Waals surface area contributed by atoms with Crippen LogP contribution in [0.1, 0.15) is 25.8 Å². The Labute approximate surface area is 125 Å². The molecule has 1 aliphatic rings. The second-order valence-corrected chi connectivity index (χ2v) is 5.71. The molecule has 1 aromatic carbocycles. The van der Waals surface area contributed by atoms with Crippen molar-refractivity contribution in [3.8, 4) is 0 Å². The Morgan fingerprint density at radius 1 is 1.24 bits per heavy atom. The van der Waals surface area contributed by atoms with Gasteiger partial charge in [-0.05, 0) is 31.5 Å². The van der Waals surface area contributed by atoms with E-state index in [9.17, 15) is 4.79 Å². The largest absolute Gasteiger partial charge is 0.329 e. The molecule has 112 valence electrons. The highest BCUT2D eigenvalue weighted by molar-refractivity contribution is 5.76. The van der Waals surface area contributed by atoms with Crippen LogP contribution in [0.4, 0.5) is 0 Å². The number of para-hydroxylation sites is 2. The third kappa shape index (κ3) is 2.44.